The molecule has 8 nitrogen and oxygen atoms in total. The van der Waals surface area contributed by atoms with Gasteiger partial charge in [-0.1, -0.05) is 19.6 Å². The summed E-state index contributed by atoms with van der Waals surface area (Å²) in [4.78, 5) is 14.9. The lowest BCUT2D eigenvalue weighted by atomic mass is 9.98. The maximum absolute atomic E-state index is 13.7. The molecule has 1 unspecified atom stereocenters. The van der Waals surface area contributed by atoms with E-state index in [2.05, 4.69) is 34.9 Å². The Morgan fingerprint density at radius 2 is 1.81 bits per heavy atom. The molecular formula is C24H29F3N6O2Si. The lowest BCUT2D eigenvalue weighted by molar-refractivity contribution is -0.120. The standard InChI is InChI=1S/C24H29F3N6O2Si/c1-36(2,3)7-6-35-14-33-22(11-21(31-33)17-12-29-30-13-20(17)28)32-5-4-16(24(32)34)8-15-9-18(25)23(27)19(26)10-15/h9-13,16H,4-8,14H2,1-3H3,(H2,28,29). The molecule has 1 fully saturated rings. The van der Waals surface area contributed by atoms with Crippen molar-refractivity contribution < 1.29 is 22.7 Å². The summed E-state index contributed by atoms with van der Waals surface area (Å²) in [5, 5.41) is 12.3. The van der Waals surface area contributed by atoms with Crippen LogP contribution >= 0.6 is 0 Å². The number of hydrogen-bond acceptors (Lipinski definition) is 6. The molecule has 4 rings (SSSR count). The van der Waals surface area contributed by atoms with Gasteiger partial charge in [0.1, 0.15) is 12.5 Å². The van der Waals surface area contributed by atoms with Gasteiger partial charge in [-0.25, -0.2) is 17.9 Å². The Labute approximate surface area is 208 Å². The van der Waals surface area contributed by atoms with Gasteiger partial charge < -0.3 is 10.5 Å². The molecule has 1 aliphatic heterocycles. The van der Waals surface area contributed by atoms with Gasteiger partial charge in [-0.2, -0.15) is 15.3 Å². The molecule has 12 heteroatoms. The minimum absolute atomic E-state index is 0.0956. The molecule has 36 heavy (non-hydrogen) atoms. The van der Waals surface area contributed by atoms with Gasteiger partial charge in [0, 0.05) is 38.8 Å². The molecule has 1 atom stereocenters. The van der Waals surface area contributed by atoms with E-state index in [1.807, 2.05) is 0 Å². The van der Waals surface area contributed by atoms with Gasteiger partial charge in [-0.15, -0.1) is 0 Å². The second kappa shape index (κ2) is 10.4. The number of nitrogens with zero attached hydrogens (tertiary/aromatic N) is 5. The van der Waals surface area contributed by atoms with E-state index in [-0.39, 0.29) is 24.6 Å². The topological polar surface area (TPSA) is 99.2 Å². The van der Waals surface area contributed by atoms with Crippen LogP contribution in [0.2, 0.25) is 25.7 Å². The van der Waals surface area contributed by atoms with Crippen LogP contribution in [0.1, 0.15) is 12.0 Å². The quantitative estimate of drug-likeness (QED) is 0.258. The number of hydrogen-bond donors (Lipinski definition) is 1. The highest BCUT2D eigenvalue weighted by Gasteiger charge is 2.35. The van der Waals surface area contributed by atoms with Crippen LogP contribution in [0.4, 0.5) is 24.7 Å². The maximum Gasteiger partial charge on any atom is 0.231 e. The number of aromatic nitrogens is 4. The smallest absolute Gasteiger partial charge is 0.231 e. The first-order valence-electron chi connectivity index (χ1n) is 11.7. The van der Waals surface area contributed by atoms with Crippen LogP contribution in [0.25, 0.3) is 11.3 Å². The monoisotopic (exact) mass is 518 g/mol. The van der Waals surface area contributed by atoms with Crippen molar-refractivity contribution >= 4 is 25.5 Å². The summed E-state index contributed by atoms with van der Waals surface area (Å²) in [6.07, 6.45) is 3.49. The second-order valence-corrected chi connectivity index (χ2v) is 15.8. The number of amides is 1. The van der Waals surface area contributed by atoms with Gasteiger partial charge in [-0.3, -0.25) is 9.69 Å². The van der Waals surface area contributed by atoms with Crippen molar-refractivity contribution in [3.63, 3.8) is 0 Å². The summed E-state index contributed by atoms with van der Waals surface area (Å²) in [6, 6.07) is 4.59. The van der Waals surface area contributed by atoms with Crippen LogP contribution in [0.5, 0.6) is 0 Å². The molecule has 0 aliphatic carbocycles. The van der Waals surface area contributed by atoms with E-state index in [0.717, 1.165) is 18.2 Å². The lowest BCUT2D eigenvalue weighted by Gasteiger charge is -2.19. The fourth-order valence-corrected chi connectivity index (χ4v) is 4.85. The molecule has 0 spiro atoms. The molecule has 0 saturated carbocycles. The zero-order valence-electron chi connectivity index (χ0n) is 20.5. The number of anilines is 2. The molecule has 3 heterocycles. The predicted octanol–water partition coefficient (Wildman–Crippen LogP) is 4.25. The maximum atomic E-state index is 13.7. The molecule has 2 aromatic heterocycles. The van der Waals surface area contributed by atoms with Crippen LogP contribution in [-0.4, -0.2) is 47.1 Å². The van der Waals surface area contributed by atoms with Crippen molar-refractivity contribution in [1.29, 1.82) is 0 Å². The second-order valence-electron chi connectivity index (χ2n) is 10.1. The Hall–Kier alpha value is -3.25. The normalized spacial score (nSPS) is 16.2. The van der Waals surface area contributed by atoms with E-state index >= 15 is 0 Å². The fourth-order valence-electron chi connectivity index (χ4n) is 4.09. The van der Waals surface area contributed by atoms with E-state index in [0.29, 0.717) is 42.3 Å². The first-order chi connectivity index (χ1) is 17.0. The van der Waals surface area contributed by atoms with E-state index in [1.165, 1.54) is 12.4 Å². The van der Waals surface area contributed by atoms with Crippen molar-refractivity contribution in [2.45, 2.75) is 45.3 Å². The third kappa shape index (κ3) is 5.76. The fraction of sp³-hybridized carbons (Fsp3) is 0.417. The summed E-state index contributed by atoms with van der Waals surface area (Å²) < 4.78 is 48.2. The molecule has 2 N–H and O–H groups in total. The Balaban J connectivity index is 1.57. The summed E-state index contributed by atoms with van der Waals surface area (Å²) in [5.74, 6) is -4.26. The van der Waals surface area contributed by atoms with Crippen LogP contribution in [0.3, 0.4) is 0 Å². The predicted molar refractivity (Wildman–Crippen MR) is 132 cm³/mol. The molecule has 1 aromatic carbocycles. The SMILES string of the molecule is C[Si](C)(C)CCOCn1nc(-c2cnncc2N)cc1N1CCC(Cc2cc(F)c(F)c(F)c2)C1=O. The number of rotatable bonds is 9. The van der Waals surface area contributed by atoms with E-state index in [9.17, 15) is 18.0 Å². The van der Waals surface area contributed by atoms with Crippen molar-refractivity contribution in [2.24, 2.45) is 5.92 Å². The van der Waals surface area contributed by atoms with E-state index in [1.54, 1.807) is 15.6 Å². The molecule has 1 aliphatic rings. The van der Waals surface area contributed by atoms with Gasteiger partial charge in [0.05, 0.1) is 23.8 Å². The third-order valence-corrected chi connectivity index (χ3v) is 7.83. The minimum atomic E-state index is -1.52. The summed E-state index contributed by atoms with van der Waals surface area (Å²) >= 11 is 0. The average molecular weight is 519 g/mol. The van der Waals surface area contributed by atoms with Gasteiger partial charge in [-0.05, 0) is 36.6 Å². The molecule has 3 aromatic rings. The van der Waals surface area contributed by atoms with Crippen molar-refractivity contribution in [3.8, 4) is 11.3 Å². The zero-order chi connectivity index (χ0) is 26.0. The molecule has 1 amide bonds. The number of nitrogens with two attached hydrogens (primary N) is 1. The van der Waals surface area contributed by atoms with Crippen LogP contribution in [0.15, 0.2) is 30.6 Å². The molecular weight excluding hydrogens is 489 g/mol. The van der Waals surface area contributed by atoms with Crippen LogP contribution in [-0.2, 0) is 22.7 Å². The number of carbonyl (C=O) groups is 1. The van der Waals surface area contributed by atoms with Gasteiger partial charge in [0.25, 0.3) is 0 Å². The summed E-state index contributed by atoms with van der Waals surface area (Å²) in [5.41, 5.74) is 7.78. The first kappa shape index (κ1) is 25.8. The number of halogens is 3. The number of ether oxygens (including phenoxy) is 1. The molecule has 0 radical (unpaired) electrons. The molecule has 1 saturated heterocycles. The average Bonchev–Trinajstić information content (AvgIpc) is 3.38. The highest BCUT2D eigenvalue weighted by molar-refractivity contribution is 6.76. The van der Waals surface area contributed by atoms with Gasteiger partial charge >= 0.3 is 0 Å². The van der Waals surface area contributed by atoms with Gasteiger partial charge in [0.15, 0.2) is 17.5 Å². The first-order valence-corrected chi connectivity index (χ1v) is 15.4. The molecule has 192 valence electrons. The number of benzene rings is 1. The zero-order valence-corrected chi connectivity index (χ0v) is 21.5. The van der Waals surface area contributed by atoms with Crippen molar-refractivity contribution in [3.05, 3.63) is 53.6 Å². The van der Waals surface area contributed by atoms with Crippen molar-refractivity contribution in [1.82, 2.24) is 20.0 Å². The minimum Gasteiger partial charge on any atom is -0.397 e. The Kier molecular flexibility index (Phi) is 7.45. The Bertz CT molecular complexity index is 1240. The largest absolute Gasteiger partial charge is 0.397 e. The highest BCUT2D eigenvalue weighted by atomic mass is 28.3. The van der Waals surface area contributed by atoms with E-state index in [4.69, 9.17) is 10.5 Å². The number of carbonyl (C=O) groups excluding carboxylic acids is 1. The highest BCUT2D eigenvalue weighted by Crippen LogP contribution is 2.32. The van der Waals surface area contributed by atoms with Crippen LogP contribution in [0, 0.1) is 23.4 Å². The van der Waals surface area contributed by atoms with Gasteiger partial charge in [0.2, 0.25) is 5.91 Å². The third-order valence-electron chi connectivity index (χ3n) is 6.12. The number of nitrogen functional groups attached to an aromatic ring is 1. The van der Waals surface area contributed by atoms with Crippen molar-refractivity contribution in [2.75, 3.05) is 23.8 Å². The summed E-state index contributed by atoms with van der Waals surface area (Å²) in [7, 11) is -1.29. The van der Waals surface area contributed by atoms with Crippen LogP contribution < -0.4 is 10.6 Å². The Morgan fingerprint density at radius 3 is 2.47 bits per heavy atom. The Morgan fingerprint density at radius 1 is 1.11 bits per heavy atom. The van der Waals surface area contributed by atoms with E-state index < -0.39 is 31.4 Å². The molecule has 0 bridgehead atoms. The lowest BCUT2D eigenvalue weighted by Crippen LogP contribution is -2.30. The summed E-state index contributed by atoms with van der Waals surface area (Å²) in [6.45, 7) is 7.88.